The Kier molecular flexibility index (Phi) is 11.8. The molecule has 0 amide bonds. The molecule has 0 unspecified atom stereocenters. The van der Waals surface area contributed by atoms with Gasteiger partial charge in [0.25, 0.3) is 0 Å². The molecular formula is C85H56N2. The zero-order valence-electron chi connectivity index (χ0n) is 47.7. The van der Waals surface area contributed by atoms with E-state index >= 15 is 0 Å². The average molecular weight is 1110 g/mol. The Morgan fingerprint density at radius 3 is 0.977 bits per heavy atom. The normalized spacial score (nSPS) is 12.5. The van der Waals surface area contributed by atoms with Gasteiger partial charge in [-0.1, -0.05) is 267 Å². The maximum Gasteiger partial charge on any atom is 0.0713 e. The Hall–Kier alpha value is -11.3. The lowest BCUT2D eigenvalue weighted by atomic mass is 9.67. The molecule has 0 atom stereocenters. The maximum absolute atomic E-state index is 2.43. The van der Waals surface area contributed by atoms with Gasteiger partial charge in [0.2, 0.25) is 0 Å². The number of hydrogen-bond acceptors (Lipinski definition) is 0. The van der Waals surface area contributed by atoms with E-state index in [0.29, 0.717) is 0 Å². The number of fused-ring (bicyclic) bond motifs is 9. The Balaban J connectivity index is 0.671. The van der Waals surface area contributed by atoms with E-state index in [0.717, 1.165) is 5.69 Å². The molecule has 0 bridgehead atoms. The summed E-state index contributed by atoms with van der Waals surface area (Å²) < 4.78 is 4.81. The number of nitrogens with zero attached hydrogens (tertiary/aromatic N) is 2. The molecular weight excluding hydrogens is 1050 g/mol. The van der Waals surface area contributed by atoms with Crippen molar-refractivity contribution < 1.29 is 0 Å². The standard InChI is InChI=1S/C85H56N2/c1-3-18-57(19-4-1)58-36-42-61(43-37-58)64-20-15-23-69(52-64)85(79-32-11-7-28-73(79)74-29-8-12-33-80(74)85)70-24-16-21-65(53-70)62-44-38-59(39-45-62)60-40-46-63(47-41-60)66-22-17-27-72(54-66)87-82-35-14-10-31-76(82)78-56-68(49-51-84(78)87)67-48-50-83-77(55-67)75-30-9-13-34-81(75)86(83)71-25-5-2-6-26-71/h1-56H. The second-order valence-electron chi connectivity index (χ2n) is 23.2. The third-order valence-corrected chi connectivity index (χ3v) is 18.4. The summed E-state index contributed by atoms with van der Waals surface area (Å²) in [6, 6.07) is 126. The number of hydrogen-bond donors (Lipinski definition) is 0. The van der Waals surface area contributed by atoms with Crippen molar-refractivity contribution in [2.24, 2.45) is 0 Å². The topological polar surface area (TPSA) is 9.86 Å². The van der Waals surface area contributed by atoms with Crippen LogP contribution < -0.4 is 0 Å². The van der Waals surface area contributed by atoms with Gasteiger partial charge in [0.15, 0.2) is 0 Å². The van der Waals surface area contributed by atoms with Crippen molar-refractivity contribution in [2.75, 3.05) is 0 Å². The van der Waals surface area contributed by atoms with E-state index in [9.17, 15) is 0 Å². The van der Waals surface area contributed by atoms with Crippen LogP contribution in [0.3, 0.4) is 0 Å². The van der Waals surface area contributed by atoms with E-state index < -0.39 is 5.41 Å². The molecule has 0 aliphatic heterocycles. The molecule has 406 valence electrons. The molecule has 87 heavy (non-hydrogen) atoms. The van der Waals surface area contributed by atoms with Crippen molar-refractivity contribution >= 4 is 43.6 Å². The monoisotopic (exact) mass is 1100 g/mol. The molecule has 1 aliphatic rings. The van der Waals surface area contributed by atoms with Crippen molar-refractivity contribution in [1.82, 2.24) is 9.13 Å². The van der Waals surface area contributed by atoms with Crippen LogP contribution in [0.15, 0.2) is 340 Å². The van der Waals surface area contributed by atoms with Crippen molar-refractivity contribution in [3.05, 3.63) is 362 Å². The SMILES string of the molecule is c1ccc(-c2ccc(-c3cccc(C4(c5cccc(-c6ccc(-c7ccc(-c8cccc(-n9c%10ccccc%10c%10cc(-c%11ccc%12c(c%11)c%11ccccc%11n%12-c%11ccccc%11)ccc%109)c8)cc7)cc6)c5)c5ccccc5-c5ccccc54)c3)cc2)cc1. The zero-order valence-corrected chi connectivity index (χ0v) is 47.7. The highest BCUT2D eigenvalue weighted by Crippen LogP contribution is 2.57. The van der Waals surface area contributed by atoms with Crippen LogP contribution in [-0.2, 0) is 5.41 Å². The number of rotatable bonds is 10. The predicted molar refractivity (Wildman–Crippen MR) is 365 cm³/mol. The molecule has 2 aromatic heterocycles. The third-order valence-electron chi connectivity index (χ3n) is 18.4. The lowest BCUT2D eigenvalue weighted by Gasteiger charge is -2.34. The van der Waals surface area contributed by atoms with Crippen LogP contribution in [0.2, 0.25) is 0 Å². The van der Waals surface area contributed by atoms with E-state index in [4.69, 9.17) is 0 Å². The Labute approximate surface area is 506 Å². The molecule has 2 heterocycles. The van der Waals surface area contributed by atoms with Gasteiger partial charge in [-0.25, -0.2) is 0 Å². The van der Waals surface area contributed by atoms with E-state index in [1.807, 2.05) is 0 Å². The van der Waals surface area contributed by atoms with Crippen molar-refractivity contribution in [1.29, 1.82) is 0 Å². The summed E-state index contributed by atoms with van der Waals surface area (Å²) in [7, 11) is 0. The fourth-order valence-electron chi connectivity index (χ4n) is 14.3. The quantitative estimate of drug-likeness (QED) is 0.129. The van der Waals surface area contributed by atoms with E-state index in [2.05, 4.69) is 349 Å². The summed E-state index contributed by atoms with van der Waals surface area (Å²) >= 11 is 0. The fraction of sp³-hybridized carbons (Fsp3) is 0.0118. The fourth-order valence-corrected chi connectivity index (χ4v) is 14.3. The number of para-hydroxylation sites is 3. The molecule has 17 rings (SSSR count). The highest BCUT2D eigenvalue weighted by Gasteiger charge is 2.46. The highest BCUT2D eigenvalue weighted by atomic mass is 15.0. The molecule has 0 saturated carbocycles. The van der Waals surface area contributed by atoms with E-state index in [1.165, 1.54) is 149 Å². The zero-order chi connectivity index (χ0) is 57.4. The summed E-state index contributed by atoms with van der Waals surface area (Å²) in [5, 5.41) is 4.98. The van der Waals surface area contributed by atoms with Gasteiger partial charge in [0.1, 0.15) is 0 Å². The Morgan fingerprint density at radius 2 is 0.494 bits per heavy atom. The average Bonchev–Trinajstić information content (AvgIpc) is 1.66. The Morgan fingerprint density at radius 1 is 0.184 bits per heavy atom. The number of aromatic nitrogens is 2. The highest BCUT2D eigenvalue weighted by molar-refractivity contribution is 6.13. The van der Waals surface area contributed by atoms with Gasteiger partial charge in [-0.05, 0) is 173 Å². The smallest absolute Gasteiger partial charge is 0.0713 e. The van der Waals surface area contributed by atoms with E-state index in [1.54, 1.807) is 0 Å². The first kappa shape index (κ1) is 50.2. The third kappa shape index (κ3) is 8.25. The predicted octanol–water partition coefficient (Wildman–Crippen LogP) is 22.2. The first-order valence-electron chi connectivity index (χ1n) is 30.1. The minimum absolute atomic E-state index is 0.539. The summed E-state index contributed by atoms with van der Waals surface area (Å²) in [4.78, 5) is 0. The Bertz CT molecular complexity index is 5250. The van der Waals surface area contributed by atoms with Gasteiger partial charge in [-0.15, -0.1) is 0 Å². The van der Waals surface area contributed by atoms with Crippen LogP contribution in [0.4, 0.5) is 0 Å². The van der Waals surface area contributed by atoms with Crippen LogP contribution >= 0.6 is 0 Å². The molecule has 0 saturated heterocycles. The van der Waals surface area contributed by atoms with Gasteiger partial charge in [-0.3, -0.25) is 0 Å². The van der Waals surface area contributed by atoms with Crippen LogP contribution in [0.5, 0.6) is 0 Å². The molecule has 0 fully saturated rings. The van der Waals surface area contributed by atoms with Crippen LogP contribution in [-0.4, -0.2) is 9.13 Å². The summed E-state index contributed by atoms with van der Waals surface area (Å²) in [5.41, 5.74) is 28.6. The van der Waals surface area contributed by atoms with E-state index in [-0.39, 0.29) is 0 Å². The van der Waals surface area contributed by atoms with Gasteiger partial charge in [0.05, 0.1) is 27.5 Å². The first-order valence-corrected chi connectivity index (χ1v) is 30.1. The number of benzene rings is 14. The summed E-state index contributed by atoms with van der Waals surface area (Å²) in [6.45, 7) is 0. The second-order valence-corrected chi connectivity index (χ2v) is 23.2. The van der Waals surface area contributed by atoms with Crippen molar-refractivity contribution in [2.45, 2.75) is 5.41 Å². The summed E-state index contributed by atoms with van der Waals surface area (Å²) in [6.07, 6.45) is 0. The van der Waals surface area contributed by atoms with Crippen LogP contribution in [0, 0.1) is 0 Å². The van der Waals surface area contributed by atoms with Gasteiger partial charge < -0.3 is 9.13 Å². The van der Waals surface area contributed by atoms with Crippen LogP contribution in [0.25, 0.3) is 133 Å². The second kappa shape index (κ2) is 20.5. The molecule has 14 aromatic carbocycles. The minimum atomic E-state index is -0.539. The van der Waals surface area contributed by atoms with Crippen molar-refractivity contribution in [3.8, 4) is 89.3 Å². The molecule has 0 N–H and O–H groups in total. The largest absolute Gasteiger partial charge is 0.309 e. The first-order chi connectivity index (χ1) is 43.1. The lowest BCUT2D eigenvalue weighted by molar-refractivity contribution is 0.769. The van der Waals surface area contributed by atoms with Crippen LogP contribution in [0.1, 0.15) is 22.3 Å². The molecule has 0 spiro atoms. The molecule has 2 nitrogen and oxygen atoms in total. The van der Waals surface area contributed by atoms with Gasteiger partial charge >= 0.3 is 0 Å². The van der Waals surface area contributed by atoms with Crippen molar-refractivity contribution in [3.63, 3.8) is 0 Å². The van der Waals surface area contributed by atoms with Gasteiger partial charge in [0, 0.05) is 32.9 Å². The maximum atomic E-state index is 2.43. The van der Waals surface area contributed by atoms with Gasteiger partial charge in [-0.2, -0.15) is 0 Å². The molecule has 2 heteroatoms. The molecule has 16 aromatic rings. The molecule has 1 aliphatic carbocycles. The lowest BCUT2D eigenvalue weighted by Crippen LogP contribution is -2.28. The molecule has 0 radical (unpaired) electrons. The minimum Gasteiger partial charge on any atom is -0.309 e. The summed E-state index contributed by atoms with van der Waals surface area (Å²) in [5.74, 6) is 0.